The molecule has 1 aromatic rings. The van der Waals surface area contributed by atoms with Gasteiger partial charge < -0.3 is 15.2 Å². The van der Waals surface area contributed by atoms with Crippen molar-refractivity contribution >= 4 is 11.9 Å². The van der Waals surface area contributed by atoms with Crippen LogP contribution in [-0.2, 0) is 20.9 Å². The molecule has 1 amide bonds. The van der Waals surface area contributed by atoms with E-state index in [1.54, 1.807) is 6.92 Å². The van der Waals surface area contributed by atoms with Gasteiger partial charge in [-0.1, -0.05) is 37.3 Å². The molecule has 0 saturated carbocycles. The first kappa shape index (κ1) is 18.2. The average Bonchev–Trinajstić information content (AvgIpc) is 2.47. The smallest absolute Gasteiger partial charge is 0.305 e. The molecule has 22 heavy (non-hydrogen) atoms. The summed E-state index contributed by atoms with van der Waals surface area (Å²) in [5.74, 6) is -1.04. The second-order valence-electron chi connectivity index (χ2n) is 5.67. The van der Waals surface area contributed by atoms with Gasteiger partial charge in [0.1, 0.15) is 0 Å². The molecular weight excluding hydrogens is 282 g/mol. The molecule has 0 heterocycles. The maximum absolute atomic E-state index is 11.9. The van der Waals surface area contributed by atoms with Gasteiger partial charge in [-0.15, -0.1) is 0 Å². The zero-order valence-corrected chi connectivity index (χ0v) is 13.3. The van der Waals surface area contributed by atoms with E-state index in [1.807, 2.05) is 37.3 Å². The standard InChI is InChI=1S/C17H25NO4/c1-3-17(2,12-16(20)21)18-15(19)10-7-11-22-13-14-8-5-4-6-9-14/h4-6,8-9H,3,7,10-13H2,1-2H3,(H,18,19)(H,20,21)/t17-/m0/s1. The summed E-state index contributed by atoms with van der Waals surface area (Å²) in [5, 5.41) is 11.7. The Kier molecular flexibility index (Phi) is 7.60. The number of carboxylic acids is 1. The molecule has 1 aromatic carbocycles. The highest BCUT2D eigenvalue weighted by Crippen LogP contribution is 2.14. The topological polar surface area (TPSA) is 75.6 Å². The van der Waals surface area contributed by atoms with Crippen LogP contribution in [0.2, 0.25) is 0 Å². The summed E-state index contributed by atoms with van der Waals surface area (Å²) in [4.78, 5) is 22.7. The summed E-state index contributed by atoms with van der Waals surface area (Å²) < 4.78 is 5.52. The number of carbonyl (C=O) groups excluding carboxylic acids is 1. The van der Waals surface area contributed by atoms with E-state index in [4.69, 9.17) is 9.84 Å². The number of hydrogen-bond donors (Lipinski definition) is 2. The van der Waals surface area contributed by atoms with E-state index in [0.29, 0.717) is 32.5 Å². The molecule has 0 unspecified atom stereocenters. The summed E-state index contributed by atoms with van der Waals surface area (Å²) >= 11 is 0. The van der Waals surface area contributed by atoms with Gasteiger partial charge in [-0.3, -0.25) is 9.59 Å². The second kappa shape index (κ2) is 9.20. The van der Waals surface area contributed by atoms with Crippen LogP contribution < -0.4 is 5.32 Å². The summed E-state index contributed by atoms with van der Waals surface area (Å²) in [6.45, 7) is 4.66. The van der Waals surface area contributed by atoms with Crippen LogP contribution in [0.5, 0.6) is 0 Å². The molecule has 0 spiro atoms. The molecule has 0 bridgehead atoms. The second-order valence-corrected chi connectivity index (χ2v) is 5.67. The molecule has 122 valence electrons. The summed E-state index contributed by atoms with van der Waals surface area (Å²) in [7, 11) is 0. The van der Waals surface area contributed by atoms with Gasteiger partial charge in [-0.05, 0) is 25.3 Å². The maximum Gasteiger partial charge on any atom is 0.305 e. The van der Waals surface area contributed by atoms with Crippen molar-refractivity contribution in [3.8, 4) is 0 Å². The Labute approximate surface area is 131 Å². The minimum absolute atomic E-state index is 0.0697. The molecule has 2 N–H and O–H groups in total. The van der Waals surface area contributed by atoms with E-state index in [9.17, 15) is 9.59 Å². The summed E-state index contributed by atoms with van der Waals surface area (Å²) in [6, 6.07) is 9.85. The third kappa shape index (κ3) is 7.22. The lowest BCUT2D eigenvalue weighted by Gasteiger charge is -2.27. The number of carbonyl (C=O) groups is 2. The fraction of sp³-hybridized carbons (Fsp3) is 0.529. The lowest BCUT2D eigenvalue weighted by molar-refractivity contribution is -0.139. The van der Waals surface area contributed by atoms with Crippen molar-refractivity contribution in [1.29, 1.82) is 0 Å². The predicted octanol–water partition coefficient (Wildman–Crippen LogP) is 2.74. The highest BCUT2D eigenvalue weighted by Gasteiger charge is 2.27. The maximum atomic E-state index is 11.9. The first-order valence-electron chi connectivity index (χ1n) is 7.59. The predicted molar refractivity (Wildman–Crippen MR) is 84.4 cm³/mol. The molecule has 0 aliphatic carbocycles. The average molecular weight is 307 g/mol. The van der Waals surface area contributed by atoms with Crippen molar-refractivity contribution in [3.63, 3.8) is 0 Å². The normalized spacial score (nSPS) is 13.4. The van der Waals surface area contributed by atoms with Crippen LogP contribution in [-0.4, -0.2) is 29.1 Å². The van der Waals surface area contributed by atoms with Crippen LogP contribution in [0.15, 0.2) is 30.3 Å². The van der Waals surface area contributed by atoms with E-state index in [-0.39, 0.29) is 12.3 Å². The van der Waals surface area contributed by atoms with Gasteiger partial charge >= 0.3 is 5.97 Å². The SMILES string of the molecule is CC[C@@](C)(CC(=O)O)NC(=O)CCCOCc1ccccc1. The van der Waals surface area contributed by atoms with Crippen LogP contribution >= 0.6 is 0 Å². The molecule has 5 heteroatoms. The largest absolute Gasteiger partial charge is 0.481 e. The number of amides is 1. The lowest BCUT2D eigenvalue weighted by atomic mass is 9.94. The number of hydrogen-bond acceptors (Lipinski definition) is 3. The zero-order valence-electron chi connectivity index (χ0n) is 13.3. The first-order chi connectivity index (χ1) is 10.4. The Morgan fingerprint density at radius 2 is 1.95 bits per heavy atom. The van der Waals surface area contributed by atoms with Crippen molar-refractivity contribution in [2.75, 3.05) is 6.61 Å². The Morgan fingerprint density at radius 1 is 1.27 bits per heavy atom. The van der Waals surface area contributed by atoms with Crippen LogP contribution in [0.25, 0.3) is 0 Å². The van der Waals surface area contributed by atoms with E-state index in [0.717, 1.165) is 5.56 Å². The van der Waals surface area contributed by atoms with Gasteiger partial charge in [0.25, 0.3) is 0 Å². The van der Waals surface area contributed by atoms with E-state index in [2.05, 4.69) is 5.32 Å². The molecule has 1 rings (SSSR count). The number of ether oxygens (including phenoxy) is 1. The number of benzene rings is 1. The Morgan fingerprint density at radius 3 is 2.55 bits per heavy atom. The lowest BCUT2D eigenvalue weighted by Crippen LogP contribution is -2.47. The summed E-state index contributed by atoms with van der Waals surface area (Å²) in [6.07, 6.45) is 1.46. The van der Waals surface area contributed by atoms with Crippen LogP contribution in [0.1, 0.15) is 45.1 Å². The minimum atomic E-state index is -0.907. The van der Waals surface area contributed by atoms with Crippen molar-refractivity contribution in [2.45, 2.75) is 51.7 Å². The zero-order chi connectivity index (χ0) is 16.4. The van der Waals surface area contributed by atoms with Crippen molar-refractivity contribution in [1.82, 2.24) is 5.32 Å². The van der Waals surface area contributed by atoms with Crippen molar-refractivity contribution in [3.05, 3.63) is 35.9 Å². The highest BCUT2D eigenvalue weighted by molar-refractivity contribution is 5.78. The fourth-order valence-electron chi connectivity index (χ4n) is 2.09. The van der Waals surface area contributed by atoms with Crippen LogP contribution in [0.3, 0.4) is 0 Å². The Balaban J connectivity index is 2.21. The van der Waals surface area contributed by atoms with Crippen molar-refractivity contribution in [2.24, 2.45) is 0 Å². The molecular formula is C17H25NO4. The molecule has 0 aliphatic rings. The van der Waals surface area contributed by atoms with Gasteiger partial charge in [0, 0.05) is 18.6 Å². The Hall–Kier alpha value is -1.88. The highest BCUT2D eigenvalue weighted by atomic mass is 16.5. The quantitative estimate of drug-likeness (QED) is 0.652. The van der Waals surface area contributed by atoms with Crippen molar-refractivity contribution < 1.29 is 19.4 Å². The van der Waals surface area contributed by atoms with Gasteiger partial charge in [-0.25, -0.2) is 0 Å². The number of nitrogens with one attached hydrogen (secondary N) is 1. The number of aliphatic carboxylic acids is 1. The first-order valence-corrected chi connectivity index (χ1v) is 7.59. The summed E-state index contributed by atoms with van der Waals surface area (Å²) in [5.41, 5.74) is 0.417. The van der Waals surface area contributed by atoms with Gasteiger partial charge in [0.2, 0.25) is 5.91 Å². The van der Waals surface area contributed by atoms with E-state index < -0.39 is 11.5 Å². The van der Waals surface area contributed by atoms with Crippen LogP contribution in [0.4, 0.5) is 0 Å². The van der Waals surface area contributed by atoms with Crippen LogP contribution in [0, 0.1) is 0 Å². The third-order valence-corrected chi connectivity index (χ3v) is 3.57. The fourth-order valence-corrected chi connectivity index (χ4v) is 2.09. The minimum Gasteiger partial charge on any atom is -0.481 e. The van der Waals surface area contributed by atoms with Gasteiger partial charge in [0.05, 0.1) is 13.0 Å². The molecule has 0 saturated heterocycles. The van der Waals surface area contributed by atoms with E-state index in [1.165, 1.54) is 0 Å². The third-order valence-electron chi connectivity index (χ3n) is 3.57. The van der Waals surface area contributed by atoms with Gasteiger partial charge in [0.15, 0.2) is 0 Å². The molecule has 1 atom stereocenters. The molecule has 0 aliphatic heterocycles. The molecule has 0 radical (unpaired) electrons. The monoisotopic (exact) mass is 307 g/mol. The Bertz CT molecular complexity index is 475. The molecule has 0 fully saturated rings. The number of rotatable bonds is 10. The molecule has 0 aromatic heterocycles. The molecule has 5 nitrogen and oxygen atoms in total. The van der Waals surface area contributed by atoms with E-state index >= 15 is 0 Å². The van der Waals surface area contributed by atoms with Gasteiger partial charge in [-0.2, -0.15) is 0 Å². The number of carboxylic acid groups (broad SMARTS) is 1.